The van der Waals surface area contributed by atoms with Crippen LogP contribution in [0.5, 0.6) is 5.75 Å². The van der Waals surface area contributed by atoms with Crippen LogP contribution in [-0.2, 0) is 4.74 Å². The Morgan fingerprint density at radius 3 is 3.17 bits per heavy atom. The third-order valence-corrected chi connectivity index (χ3v) is 3.05. The quantitative estimate of drug-likeness (QED) is 0.623. The summed E-state index contributed by atoms with van der Waals surface area (Å²) in [6, 6.07) is 5.65. The van der Waals surface area contributed by atoms with Gasteiger partial charge in [0, 0.05) is 18.8 Å². The maximum Gasteiger partial charge on any atom is 0.142 e. The van der Waals surface area contributed by atoms with Crippen LogP contribution in [0.15, 0.2) is 18.2 Å². The monoisotopic (exact) mass is 250 g/mol. The summed E-state index contributed by atoms with van der Waals surface area (Å²) in [6.45, 7) is 4.36. The molecule has 0 fully saturated rings. The topological polar surface area (TPSA) is 56.5 Å². The molecule has 0 unspecified atom stereocenters. The van der Waals surface area contributed by atoms with Gasteiger partial charge in [-0.3, -0.25) is 0 Å². The Hall–Kier alpha value is -1.42. The molecule has 0 spiro atoms. The van der Waals surface area contributed by atoms with E-state index in [0.717, 1.165) is 36.7 Å². The van der Waals surface area contributed by atoms with Gasteiger partial charge in [-0.05, 0) is 24.6 Å². The Morgan fingerprint density at radius 2 is 2.33 bits per heavy atom. The van der Waals surface area contributed by atoms with Crippen molar-refractivity contribution in [3.05, 3.63) is 18.2 Å². The number of hydrogen-bond donors (Lipinski definition) is 2. The highest BCUT2D eigenvalue weighted by Gasteiger charge is 2.16. The molecule has 1 aliphatic rings. The normalized spacial score (nSPS) is 18.4. The lowest BCUT2D eigenvalue weighted by atomic mass is 10.2. The summed E-state index contributed by atoms with van der Waals surface area (Å²) >= 11 is 0. The second-order valence-corrected chi connectivity index (χ2v) is 4.65. The highest BCUT2D eigenvalue weighted by Crippen LogP contribution is 2.28. The van der Waals surface area contributed by atoms with E-state index in [-0.39, 0.29) is 6.10 Å². The van der Waals surface area contributed by atoms with Crippen LogP contribution in [-0.4, -0.2) is 25.9 Å². The number of nitrogens with one attached hydrogen (secondary N) is 1. The van der Waals surface area contributed by atoms with E-state index in [1.807, 2.05) is 18.2 Å². The van der Waals surface area contributed by atoms with E-state index in [1.54, 1.807) is 0 Å². The van der Waals surface area contributed by atoms with Crippen molar-refractivity contribution in [1.29, 1.82) is 0 Å². The molecule has 1 aromatic carbocycles. The van der Waals surface area contributed by atoms with Crippen molar-refractivity contribution in [1.82, 2.24) is 0 Å². The molecule has 4 nitrogen and oxygen atoms in total. The summed E-state index contributed by atoms with van der Waals surface area (Å²) in [5, 5.41) is 3.33. The molecule has 100 valence electrons. The minimum Gasteiger partial charge on any atom is -0.489 e. The average molecular weight is 250 g/mol. The molecule has 4 heteroatoms. The second-order valence-electron chi connectivity index (χ2n) is 4.65. The first-order valence-electron chi connectivity index (χ1n) is 6.67. The predicted octanol–water partition coefficient (Wildman–Crippen LogP) is 2.65. The Kier molecular flexibility index (Phi) is 4.70. The van der Waals surface area contributed by atoms with E-state index >= 15 is 0 Å². The summed E-state index contributed by atoms with van der Waals surface area (Å²) in [5.41, 5.74) is 7.45. The van der Waals surface area contributed by atoms with Crippen LogP contribution in [0.25, 0.3) is 0 Å². The zero-order valence-electron chi connectivity index (χ0n) is 10.9. The Labute approximate surface area is 108 Å². The number of fused-ring (bicyclic) bond motifs is 1. The molecule has 1 atom stereocenters. The van der Waals surface area contributed by atoms with Crippen molar-refractivity contribution < 1.29 is 9.47 Å². The summed E-state index contributed by atoms with van der Waals surface area (Å²) in [7, 11) is 0. The van der Waals surface area contributed by atoms with Gasteiger partial charge in [0.2, 0.25) is 0 Å². The maximum absolute atomic E-state index is 5.81. The number of benzene rings is 1. The van der Waals surface area contributed by atoms with Crippen LogP contribution in [0, 0.1) is 0 Å². The van der Waals surface area contributed by atoms with Crippen molar-refractivity contribution >= 4 is 11.4 Å². The highest BCUT2D eigenvalue weighted by atomic mass is 16.5. The minimum absolute atomic E-state index is 0.107. The lowest BCUT2D eigenvalue weighted by Gasteiger charge is -2.15. The predicted molar refractivity (Wildman–Crippen MR) is 74.1 cm³/mol. The van der Waals surface area contributed by atoms with Crippen LogP contribution < -0.4 is 15.8 Å². The third-order valence-electron chi connectivity index (χ3n) is 3.05. The smallest absolute Gasteiger partial charge is 0.142 e. The van der Waals surface area contributed by atoms with Crippen LogP contribution in [0.2, 0.25) is 0 Å². The highest BCUT2D eigenvalue weighted by molar-refractivity contribution is 5.63. The van der Waals surface area contributed by atoms with Gasteiger partial charge >= 0.3 is 0 Å². The third kappa shape index (κ3) is 3.53. The Balaban J connectivity index is 1.83. The van der Waals surface area contributed by atoms with Gasteiger partial charge in [0.25, 0.3) is 0 Å². The summed E-state index contributed by atoms with van der Waals surface area (Å²) in [4.78, 5) is 0. The van der Waals surface area contributed by atoms with E-state index < -0.39 is 0 Å². The molecule has 1 aromatic rings. The number of nitrogens with two attached hydrogens (primary N) is 1. The number of hydrogen-bond acceptors (Lipinski definition) is 4. The number of anilines is 2. The van der Waals surface area contributed by atoms with E-state index in [0.29, 0.717) is 6.61 Å². The van der Waals surface area contributed by atoms with Gasteiger partial charge in [0.1, 0.15) is 18.5 Å². The van der Waals surface area contributed by atoms with E-state index in [4.69, 9.17) is 15.2 Å². The van der Waals surface area contributed by atoms with Crippen LogP contribution in [0.3, 0.4) is 0 Å². The zero-order chi connectivity index (χ0) is 12.8. The number of unbranched alkanes of at least 4 members (excludes halogenated alkanes) is 2. The maximum atomic E-state index is 5.81. The van der Waals surface area contributed by atoms with Crippen LogP contribution in [0.4, 0.5) is 11.4 Å². The second kappa shape index (κ2) is 6.50. The summed E-state index contributed by atoms with van der Waals surface area (Å²) in [5.74, 6) is 0.851. The van der Waals surface area contributed by atoms with Gasteiger partial charge in [-0.15, -0.1) is 0 Å². The van der Waals surface area contributed by atoms with Crippen molar-refractivity contribution in [2.45, 2.75) is 32.3 Å². The molecule has 1 aliphatic heterocycles. The van der Waals surface area contributed by atoms with Crippen molar-refractivity contribution in [2.75, 3.05) is 30.8 Å². The fourth-order valence-electron chi connectivity index (χ4n) is 1.99. The van der Waals surface area contributed by atoms with Crippen LogP contribution >= 0.6 is 0 Å². The van der Waals surface area contributed by atoms with Gasteiger partial charge in [-0.1, -0.05) is 19.8 Å². The molecule has 1 heterocycles. The van der Waals surface area contributed by atoms with E-state index in [9.17, 15) is 0 Å². The SMILES string of the molecule is CCCCCO[C@H]1CNc2cc(N)ccc2OC1. The van der Waals surface area contributed by atoms with Gasteiger partial charge in [0.05, 0.1) is 5.69 Å². The first-order valence-corrected chi connectivity index (χ1v) is 6.67. The molecule has 18 heavy (non-hydrogen) atoms. The molecule has 0 aliphatic carbocycles. The summed E-state index contributed by atoms with van der Waals surface area (Å²) < 4.78 is 11.5. The molecule has 0 saturated carbocycles. The van der Waals surface area contributed by atoms with Crippen molar-refractivity contribution in [3.63, 3.8) is 0 Å². The molecular formula is C14H22N2O2. The zero-order valence-corrected chi connectivity index (χ0v) is 10.9. The fraction of sp³-hybridized carbons (Fsp3) is 0.571. The first-order chi connectivity index (χ1) is 8.79. The Bertz CT molecular complexity index is 382. The first kappa shape index (κ1) is 13.0. The standard InChI is InChI=1S/C14H22N2O2/c1-2-3-4-7-17-12-9-16-13-8-11(15)5-6-14(13)18-10-12/h5-6,8,12,16H,2-4,7,9-10,15H2,1H3/t12-/m0/s1. The van der Waals surface area contributed by atoms with Gasteiger partial charge < -0.3 is 20.5 Å². The van der Waals surface area contributed by atoms with Crippen molar-refractivity contribution in [2.24, 2.45) is 0 Å². The molecule has 0 radical (unpaired) electrons. The molecule has 0 saturated heterocycles. The van der Waals surface area contributed by atoms with Gasteiger partial charge in [-0.25, -0.2) is 0 Å². The minimum atomic E-state index is 0.107. The largest absolute Gasteiger partial charge is 0.489 e. The number of rotatable bonds is 5. The number of ether oxygens (including phenoxy) is 2. The summed E-state index contributed by atoms with van der Waals surface area (Å²) in [6.07, 6.45) is 3.66. The lowest BCUT2D eigenvalue weighted by Crippen LogP contribution is -2.27. The molecule has 0 amide bonds. The molecular weight excluding hydrogens is 228 g/mol. The molecule has 0 bridgehead atoms. The van der Waals surface area contributed by atoms with Gasteiger partial charge in [0.15, 0.2) is 0 Å². The molecule has 3 N–H and O–H groups in total. The Morgan fingerprint density at radius 1 is 1.44 bits per heavy atom. The number of nitrogen functional groups attached to an aromatic ring is 1. The van der Waals surface area contributed by atoms with Crippen LogP contribution in [0.1, 0.15) is 26.2 Å². The molecule has 2 rings (SSSR count). The van der Waals surface area contributed by atoms with Crippen molar-refractivity contribution in [3.8, 4) is 5.75 Å². The lowest BCUT2D eigenvalue weighted by molar-refractivity contribution is 0.0294. The molecule has 0 aromatic heterocycles. The van der Waals surface area contributed by atoms with Gasteiger partial charge in [-0.2, -0.15) is 0 Å². The fourth-order valence-corrected chi connectivity index (χ4v) is 1.99. The van der Waals surface area contributed by atoms with E-state index in [1.165, 1.54) is 12.8 Å². The average Bonchev–Trinajstić information content (AvgIpc) is 2.57. The van der Waals surface area contributed by atoms with E-state index in [2.05, 4.69) is 12.2 Å².